The third-order valence-electron chi connectivity index (χ3n) is 3.70. The van der Waals surface area contributed by atoms with E-state index in [1.54, 1.807) is 0 Å². The van der Waals surface area contributed by atoms with Gasteiger partial charge in [-0.3, -0.25) is 0 Å². The summed E-state index contributed by atoms with van der Waals surface area (Å²) in [6, 6.07) is 1.42. The molecular weight excluding hydrogens is 216 g/mol. The summed E-state index contributed by atoms with van der Waals surface area (Å²) in [6.07, 6.45) is 5.61. The van der Waals surface area contributed by atoms with Gasteiger partial charge in [-0.15, -0.1) is 0 Å². The quantitative estimate of drug-likeness (QED) is 0.814. The Morgan fingerprint density at radius 3 is 2.69 bits per heavy atom. The first-order chi connectivity index (χ1) is 7.74. The van der Waals surface area contributed by atoms with Crippen LogP contribution in [0.4, 0.5) is 0 Å². The maximum Gasteiger partial charge on any atom is 0.0171 e. The van der Waals surface area contributed by atoms with Crippen molar-refractivity contribution < 1.29 is 0 Å². The van der Waals surface area contributed by atoms with E-state index >= 15 is 0 Å². The highest BCUT2D eigenvalue weighted by molar-refractivity contribution is 8.00. The van der Waals surface area contributed by atoms with Gasteiger partial charge in [-0.2, -0.15) is 11.8 Å². The predicted octanol–water partition coefficient (Wildman–Crippen LogP) is 2.34. The summed E-state index contributed by atoms with van der Waals surface area (Å²) >= 11 is 2.12. The van der Waals surface area contributed by atoms with Gasteiger partial charge in [-0.25, -0.2) is 0 Å². The molecule has 0 amide bonds. The van der Waals surface area contributed by atoms with Gasteiger partial charge in [0.2, 0.25) is 0 Å². The zero-order valence-corrected chi connectivity index (χ0v) is 11.6. The fourth-order valence-electron chi connectivity index (χ4n) is 2.92. The second-order valence-corrected chi connectivity index (χ2v) is 6.98. The lowest BCUT2D eigenvalue weighted by Crippen LogP contribution is -2.45. The Morgan fingerprint density at radius 2 is 2.06 bits per heavy atom. The van der Waals surface area contributed by atoms with Crippen molar-refractivity contribution in [3.05, 3.63) is 0 Å². The monoisotopic (exact) mass is 242 g/mol. The number of thioether (sulfide) groups is 1. The topological polar surface area (TPSA) is 15.3 Å². The molecule has 2 nitrogen and oxygen atoms in total. The Balaban J connectivity index is 1.65. The normalized spacial score (nSPS) is 34.1. The summed E-state index contributed by atoms with van der Waals surface area (Å²) in [6.45, 7) is 8.59. The lowest BCUT2D eigenvalue weighted by Gasteiger charge is -2.30. The minimum absolute atomic E-state index is 0.661. The molecule has 94 valence electrons. The first kappa shape index (κ1) is 12.7. The van der Waals surface area contributed by atoms with Crippen LogP contribution >= 0.6 is 11.8 Å². The van der Waals surface area contributed by atoms with Crippen LogP contribution in [0.25, 0.3) is 0 Å². The van der Waals surface area contributed by atoms with Crippen LogP contribution in [0.1, 0.15) is 39.5 Å². The number of likely N-dealkylation sites (tertiary alicyclic amines) is 1. The highest BCUT2D eigenvalue weighted by Crippen LogP contribution is 2.26. The Bertz CT molecular complexity index is 197. The van der Waals surface area contributed by atoms with Crippen molar-refractivity contribution in [1.29, 1.82) is 0 Å². The minimum Gasteiger partial charge on any atom is -0.309 e. The van der Waals surface area contributed by atoms with E-state index < -0.39 is 0 Å². The average molecular weight is 242 g/mol. The van der Waals surface area contributed by atoms with E-state index in [0.717, 1.165) is 11.3 Å². The maximum absolute atomic E-state index is 3.79. The van der Waals surface area contributed by atoms with Crippen molar-refractivity contribution in [2.45, 2.75) is 56.9 Å². The first-order valence-corrected chi connectivity index (χ1v) is 7.89. The molecule has 3 atom stereocenters. The van der Waals surface area contributed by atoms with Crippen molar-refractivity contribution in [3.8, 4) is 0 Å². The van der Waals surface area contributed by atoms with Crippen molar-refractivity contribution in [1.82, 2.24) is 10.2 Å². The van der Waals surface area contributed by atoms with Crippen molar-refractivity contribution in [3.63, 3.8) is 0 Å². The van der Waals surface area contributed by atoms with Crippen LogP contribution in [0.2, 0.25) is 0 Å². The minimum atomic E-state index is 0.661. The third-order valence-corrected chi connectivity index (χ3v) is 5.06. The lowest BCUT2D eigenvalue weighted by atomic mass is 10.1. The molecule has 1 N–H and O–H groups in total. The Labute approximate surface area is 105 Å². The highest BCUT2D eigenvalue weighted by atomic mass is 32.2. The van der Waals surface area contributed by atoms with Gasteiger partial charge in [0.15, 0.2) is 0 Å². The molecule has 2 aliphatic rings. The summed E-state index contributed by atoms with van der Waals surface area (Å²) < 4.78 is 0. The summed E-state index contributed by atoms with van der Waals surface area (Å²) in [5.74, 6) is 1.31. The van der Waals surface area contributed by atoms with Gasteiger partial charge < -0.3 is 10.2 Å². The Morgan fingerprint density at radius 1 is 1.31 bits per heavy atom. The molecule has 0 saturated carbocycles. The molecule has 2 heterocycles. The molecule has 2 fully saturated rings. The molecule has 0 aromatic heterocycles. The van der Waals surface area contributed by atoms with Gasteiger partial charge in [0.1, 0.15) is 0 Å². The molecule has 0 aliphatic carbocycles. The zero-order chi connectivity index (χ0) is 11.4. The molecule has 0 aromatic carbocycles. The summed E-state index contributed by atoms with van der Waals surface area (Å²) in [7, 11) is 0. The van der Waals surface area contributed by atoms with Crippen LogP contribution in [0.5, 0.6) is 0 Å². The van der Waals surface area contributed by atoms with Crippen LogP contribution in [0.3, 0.4) is 0 Å². The second kappa shape index (κ2) is 6.27. The molecule has 0 aromatic rings. The third kappa shape index (κ3) is 3.94. The van der Waals surface area contributed by atoms with Gasteiger partial charge in [0.25, 0.3) is 0 Å². The zero-order valence-electron chi connectivity index (χ0n) is 10.7. The van der Waals surface area contributed by atoms with Crippen LogP contribution in [0.15, 0.2) is 0 Å². The molecule has 2 rings (SSSR count). The van der Waals surface area contributed by atoms with E-state index in [0.29, 0.717) is 6.04 Å². The molecule has 2 saturated heterocycles. The standard InChI is InChI=1S/C13H26N2S/c1-11(9-15-6-4-3-5-7-15)14-13-8-12(2)16-10-13/h11-14H,3-10H2,1-2H3. The SMILES string of the molecule is CC(CN1CCCCC1)NC1CSC(C)C1. The smallest absolute Gasteiger partial charge is 0.0171 e. The van der Waals surface area contributed by atoms with Gasteiger partial charge in [0.05, 0.1) is 0 Å². The van der Waals surface area contributed by atoms with Crippen LogP contribution < -0.4 is 5.32 Å². The van der Waals surface area contributed by atoms with E-state index in [9.17, 15) is 0 Å². The van der Waals surface area contributed by atoms with E-state index in [4.69, 9.17) is 0 Å². The van der Waals surface area contributed by atoms with Gasteiger partial charge >= 0.3 is 0 Å². The highest BCUT2D eigenvalue weighted by Gasteiger charge is 2.23. The predicted molar refractivity (Wildman–Crippen MR) is 73.2 cm³/mol. The van der Waals surface area contributed by atoms with Gasteiger partial charge in [-0.05, 0) is 39.3 Å². The Hall–Kier alpha value is 0.270. The number of hydrogen-bond donors (Lipinski definition) is 1. The molecule has 3 unspecified atom stereocenters. The fraction of sp³-hybridized carbons (Fsp3) is 1.00. The van der Waals surface area contributed by atoms with Crippen molar-refractivity contribution in [2.75, 3.05) is 25.4 Å². The number of hydrogen-bond acceptors (Lipinski definition) is 3. The van der Waals surface area contributed by atoms with Crippen LogP contribution in [0, 0.1) is 0 Å². The average Bonchev–Trinajstić information content (AvgIpc) is 2.65. The van der Waals surface area contributed by atoms with E-state index in [2.05, 4.69) is 35.8 Å². The summed E-state index contributed by atoms with van der Waals surface area (Å²) in [4.78, 5) is 2.63. The fourth-order valence-corrected chi connectivity index (χ4v) is 4.08. The molecule has 3 heteroatoms. The van der Waals surface area contributed by atoms with E-state index in [1.165, 1.54) is 51.1 Å². The molecule has 16 heavy (non-hydrogen) atoms. The number of nitrogens with zero attached hydrogens (tertiary/aromatic N) is 1. The number of nitrogens with one attached hydrogen (secondary N) is 1. The Kier molecular flexibility index (Phi) is 4.98. The van der Waals surface area contributed by atoms with Crippen LogP contribution in [-0.4, -0.2) is 47.6 Å². The molecular formula is C13H26N2S. The molecule has 2 aliphatic heterocycles. The first-order valence-electron chi connectivity index (χ1n) is 6.84. The van der Waals surface area contributed by atoms with Crippen LogP contribution in [-0.2, 0) is 0 Å². The van der Waals surface area contributed by atoms with Gasteiger partial charge in [-0.1, -0.05) is 13.3 Å². The maximum atomic E-state index is 3.79. The largest absolute Gasteiger partial charge is 0.309 e. The lowest BCUT2D eigenvalue weighted by molar-refractivity contribution is 0.205. The molecule has 0 spiro atoms. The molecule has 0 radical (unpaired) electrons. The summed E-state index contributed by atoms with van der Waals surface area (Å²) in [5.41, 5.74) is 0. The number of piperidine rings is 1. The number of rotatable bonds is 4. The molecule has 0 bridgehead atoms. The summed E-state index contributed by atoms with van der Waals surface area (Å²) in [5, 5.41) is 4.65. The van der Waals surface area contributed by atoms with Crippen molar-refractivity contribution in [2.24, 2.45) is 0 Å². The van der Waals surface area contributed by atoms with E-state index in [-0.39, 0.29) is 0 Å². The van der Waals surface area contributed by atoms with E-state index in [1.807, 2.05) is 0 Å². The second-order valence-electron chi connectivity index (χ2n) is 5.51. The van der Waals surface area contributed by atoms with Gasteiger partial charge in [0, 0.05) is 29.6 Å². The van der Waals surface area contributed by atoms with Crippen molar-refractivity contribution >= 4 is 11.8 Å².